The van der Waals surface area contributed by atoms with Crippen LogP contribution in [0.3, 0.4) is 0 Å². The van der Waals surface area contributed by atoms with Crippen molar-refractivity contribution in [1.29, 1.82) is 0 Å². The molecule has 2 rings (SSSR count). The Morgan fingerprint density at radius 3 is 1.94 bits per heavy atom. The third-order valence-electron chi connectivity index (χ3n) is 5.93. The first-order valence-corrected chi connectivity index (χ1v) is 14.0. The number of rotatable bonds is 20. The predicted molar refractivity (Wildman–Crippen MR) is 150 cm³/mol. The van der Waals surface area contributed by atoms with Gasteiger partial charge in [0.05, 0.1) is 19.8 Å². The minimum atomic E-state index is -0.527. The third kappa shape index (κ3) is 10.5. The minimum absolute atomic E-state index is 0.120. The average molecular weight is 499 g/mol. The van der Waals surface area contributed by atoms with E-state index in [0.717, 1.165) is 32.1 Å². The van der Waals surface area contributed by atoms with Crippen LogP contribution in [-0.2, 0) is 0 Å². The fourth-order valence-corrected chi connectivity index (χ4v) is 4.00. The summed E-state index contributed by atoms with van der Waals surface area (Å²) in [5.41, 5.74) is -0.0768. The highest BCUT2D eigenvalue weighted by molar-refractivity contribution is 5.91. The molecule has 0 amide bonds. The Hall–Kier alpha value is -2.69. The number of hydrogen-bond donors (Lipinski definition) is 0. The van der Waals surface area contributed by atoms with Crippen LogP contribution in [0.15, 0.2) is 51.7 Å². The number of unbranched alkanes of at least 4 members (excludes halogenated alkanes) is 7. The molecular formula is C31H46O5. The molecule has 0 atom stereocenters. The summed E-state index contributed by atoms with van der Waals surface area (Å²) in [5.74, 6) is 1.20. The van der Waals surface area contributed by atoms with E-state index < -0.39 is 5.63 Å². The first-order valence-electron chi connectivity index (χ1n) is 14.0. The van der Waals surface area contributed by atoms with Crippen molar-refractivity contribution in [1.82, 2.24) is 0 Å². The normalized spacial score (nSPS) is 11.6. The van der Waals surface area contributed by atoms with E-state index in [0.29, 0.717) is 48.7 Å². The summed E-state index contributed by atoms with van der Waals surface area (Å²) in [6.45, 7) is 7.86. The molecule has 2 aromatic rings. The van der Waals surface area contributed by atoms with Gasteiger partial charge in [-0.1, -0.05) is 96.1 Å². The maximum absolute atomic E-state index is 12.8. The van der Waals surface area contributed by atoms with Gasteiger partial charge in [0.1, 0.15) is 16.7 Å². The van der Waals surface area contributed by atoms with Crippen LogP contribution >= 0.6 is 0 Å². The summed E-state index contributed by atoms with van der Waals surface area (Å²) < 4.78 is 23.8. The Kier molecular flexibility index (Phi) is 15.2. The summed E-state index contributed by atoms with van der Waals surface area (Å²) in [7, 11) is 0. The first-order chi connectivity index (χ1) is 17.7. The predicted octanol–water partition coefficient (Wildman–Crippen LogP) is 8.78. The van der Waals surface area contributed by atoms with E-state index in [4.69, 9.17) is 18.6 Å². The van der Waals surface area contributed by atoms with Crippen molar-refractivity contribution < 1.29 is 18.6 Å². The van der Waals surface area contributed by atoms with Crippen LogP contribution < -0.4 is 19.8 Å². The second-order valence-electron chi connectivity index (χ2n) is 9.03. The van der Waals surface area contributed by atoms with Gasteiger partial charge in [-0.3, -0.25) is 0 Å². The van der Waals surface area contributed by atoms with Gasteiger partial charge in [0.15, 0.2) is 5.75 Å². The van der Waals surface area contributed by atoms with E-state index >= 15 is 0 Å². The molecule has 0 unspecified atom stereocenters. The lowest BCUT2D eigenvalue weighted by Crippen LogP contribution is -2.12. The first kappa shape index (κ1) is 29.5. The maximum atomic E-state index is 12.8. The van der Waals surface area contributed by atoms with Crippen LogP contribution in [0.2, 0.25) is 0 Å². The molecular weight excluding hydrogens is 452 g/mol. The van der Waals surface area contributed by atoms with Crippen molar-refractivity contribution in [2.75, 3.05) is 19.8 Å². The molecule has 5 heteroatoms. The molecule has 0 radical (unpaired) electrons. The Balaban J connectivity index is 2.15. The molecule has 1 aromatic heterocycles. The van der Waals surface area contributed by atoms with Crippen LogP contribution in [0.25, 0.3) is 11.0 Å². The maximum Gasteiger partial charge on any atom is 0.383 e. The Labute approximate surface area is 217 Å². The molecule has 0 N–H and O–H groups in total. The van der Waals surface area contributed by atoms with Crippen molar-refractivity contribution in [2.45, 2.75) is 97.8 Å². The molecule has 0 spiro atoms. The Morgan fingerprint density at radius 1 is 0.694 bits per heavy atom. The van der Waals surface area contributed by atoms with Gasteiger partial charge >= 0.3 is 5.63 Å². The molecule has 1 heterocycles. The van der Waals surface area contributed by atoms with Crippen LogP contribution in [0, 0.1) is 0 Å². The van der Waals surface area contributed by atoms with Crippen molar-refractivity contribution in [3.63, 3.8) is 0 Å². The zero-order valence-electron chi connectivity index (χ0n) is 22.7. The number of fused-ring (bicyclic) bond motifs is 1. The summed E-state index contributed by atoms with van der Waals surface area (Å²) in [5, 5.41) is 0.662. The summed E-state index contributed by atoms with van der Waals surface area (Å²) in [4.78, 5) is 12.8. The fraction of sp³-hybridized carbons (Fsp3) is 0.581. The van der Waals surface area contributed by atoms with Gasteiger partial charge in [0.2, 0.25) is 5.75 Å². The molecule has 5 nitrogen and oxygen atoms in total. The topological polar surface area (TPSA) is 57.9 Å². The van der Waals surface area contributed by atoms with Crippen LogP contribution in [0.4, 0.5) is 0 Å². The standard InChI is InChI=1S/C31H46O5/c1-4-7-10-13-14-15-16-19-23-33-26-21-20-22-27-28(26)29(34-24-17-11-8-5-2)30(31(32)36-27)35-25-18-12-9-6-3/h8-9,11-12,20-22H,4-7,10,13-19,23-25H2,1-3H3. The highest BCUT2D eigenvalue weighted by Crippen LogP contribution is 2.39. The molecule has 1 aromatic carbocycles. The Morgan fingerprint density at radius 2 is 1.31 bits per heavy atom. The second kappa shape index (κ2) is 18.6. The van der Waals surface area contributed by atoms with Gasteiger partial charge in [0.25, 0.3) is 0 Å². The largest absolute Gasteiger partial charge is 0.493 e. The van der Waals surface area contributed by atoms with Gasteiger partial charge in [-0.2, -0.15) is 0 Å². The second-order valence-corrected chi connectivity index (χ2v) is 9.03. The molecule has 0 aliphatic heterocycles. The smallest absolute Gasteiger partial charge is 0.383 e. The molecule has 0 saturated heterocycles. The molecule has 0 fully saturated rings. The number of benzene rings is 1. The quantitative estimate of drug-likeness (QED) is 0.104. The van der Waals surface area contributed by atoms with Crippen LogP contribution in [0.5, 0.6) is 17.2 Å². The number of allylic oxidation sites excluding steroid dienone is 2. The third-order valence-corrected chi connectivity index (χ3v) is 5.93. The van der Waals surface area contributed by atoms with Crippen molar-refractivity contribution in [3.05, 3.63) is 52.9 Å². The zero-order valence-corrected chi connectivity index (χ0v) is 22.7. The van der Waals surface area contributed by atoms with E-state index in [1.807, 2.05) is 12.1 Å². The van der Waals surface area contributed by atoms with Crippen LogP contribution in [0.1, 0.15) is 97.8 Å². The summed E-state index contributed by atoms with van der Waals surface area (Å²) >= 11 is 0. The molecule has 200 valence electrons. The highest BCUT2D eigenvalue weighted by atomic mass is 16.5. The SMILES string of the molecule is CCC=CCCOc1c(OCCC=CCC)c2c(OCCCCCCCCCC)cccc2oc1=O. The highest BCUT2D eigenvalue weighted by Gasteiger charge is 2.21. The lowest BCUT2D eigenvalue weighted by Gasteiger charge is -2.16. The lowest BCUT2D eigenvalue weighted by molar-refractivity contribution is 0.262. The van der Waals surface area contributed by atoms with E-state index in [1.54, 1.807) is 6.07 Å². The summed E-state index contributed by atoms with van der Waals surface area (Å²) in [6.07, 6.45) is 21.7. The molecule has 0 aliphatic rings. The van der Waals surface area contributed by atoms with Crippen LogP contribution in [-0.4, -0.2) is 19.8 Å². The number of hydrogen-bond acceptors (Lipinski definition) is 5. The fourth-order valence-electron chi connectivity index (χ4n) is 4.00. The van der Waals surface area contributed by atoms with Gasteiger partial charge in [-0.05, 0) is 44.2 Å². The van der Waals surface area contributed by atoms with E-state index in [1.165, 1.54) is 38.5 Å². The molecule has 0 saturated carbocycles. The van der Waals surface area contributed by atoms with Gasteiger partial charge in [-0.25, -0.2) is 4.79 Å². The summed E-state index contributed by atoms with van der Waals surface area (Å²) in [6, 6.07) is 5.53. The monoisotopic (exact) mass is 498 g/mol. The average Bonchev–Trinajstić information content (AvgIpc) is 2.88. The van der Waals surface area contributed by atoms with E-state index in [2.05, 4.69) is 45.1 Å². The Bertz CT molecular complexity index is 973. The molecule has 0 aliphatic carbocycles. The van der Waals surface area contributed by atoms with Gasteiger partial charge < -0.3 is 18.6 Å². The van der Waals surface area contributed by atoms with Crippen molar-refractivity contribution in [2.24, 2.45) is 0 Å². The molecule has 0 bridgehead atoms. The number of ether oxygens (including phenoxy) is 3. The molecule has 36 heavy (non-hydrogen) atoms. The van der Waals surface area contributed by atoms with Crippen molar-refractivity contribution in [3.8, 4) is 17.2 Å². The van der Waals surface area contributed by atoms with Crippen molar-refractivity contribution >= 4 is 11.0 Å². The lowest BCUT2D eigenvalue weighted by atomic mass is 10.1. The van der Waals surface area contributed by atoms with E-state index in [9.17, 15) is 4.79 Å². The van der Waals surface area contributed by atoms with Gasteiger partial charge in [-0.15, -0.1) is 0 Å². The van der Waals surface area contributed by atoms with Gasteiger partial charge in [0, 0.05) is 0 Å². The minimum Gasteiger partial charge on any atom is -0.493 e. The van der Waals surface area contributed by atoms with E-state index in [-0.39, 0.29) is 5.75 Å². The zero-order chi connectivity index (χ0) is 25.8.